The maximum atomic E-state index is 12.5. The summed E-state index contributed by atoms with van der Waals surface area (Å²) in [6.45, 7) is 7.50. The van der Waals surface area contributed by atoms with E-state index in [1.54, 1.807) is 11.2 Å². The minimum Gasteiger partial charge on any atom is -0.468 e. The zero-order valence-electron chi connectivity index (χ0n) is 12.8. The standard InChI is InChI=1S/C15H25N3O2/c1-5-11(16)13(12-7-6-10-20-12)18-9-8-17(4)14(19)15(18,2)3/h6-7,10-11,13H,5,8-9,16H2,1-4H3. The highest BCUT2D eigenvalue weighted by atomic mass is 16.3. The van der Waals surface area contributed by atoms with E-state index < -0.39 is 5.54 Å². The van der Waals surface area contributed by atoms with Crippen molar-refractivity contribution in [3.63, 3.8) is 0 Å². The van der Waals surface area contributed by atoms with Gasteiger partial charge in [-0.2, -0.15) is 0 Å². The quantitative estimate of drug-likeness (QED) is 0.909. The van der Waals surface area contributed by atoms with Crippen molar-refractivity contribution in [3.8, 4) is 0 Å². The van der Waals surface area contributed by atoms with Crippen molar-refractivity contribution >= 4 is 5.91 Å². The van der Waals surface area contributed by atoms with Crippen LogP contribution in [-0.4, -0.2) is 47.4 Å². The van der Waals surface area contributed by atoms with Crippen LogP contribution in [0.3, 0.4) is 0 Å². The van der Waals surface area contributed by atoms with Gasteiger partial charge in [-0.15, -0.1) is 0 Å². The summed E-state index contributed by atoms with van der Waals surface area (Å²) in [4.78, 5) is 16.4. The van der Waals surface area contributed by atoms with Crippen LogP contribution in [0.15, 0.2) is 22.8 Å². The van der Waals surface area contributed by atoms with E-state index in [1.165, 1.54) is 0 Å². The molecule has 0 bridgehead atoms. The minimum absolute atomic E-state index is 0.0587. The molecule has 2 rings (SSSR count). The largest absolute Gasteiger partial charge is 0.468 e. The molecule has 2 heterocycles. The van der Waals surface area contributed by atoms with Gasteiger partial charge in [0, 0.05) is 26.2 Å². The number of likely N-dealkylation sites (N-methyl/N-ethyl adjacent to an activating group) is 1. The third kappa shape index (κ3) is 2.47. The van der Waals surface area contributed by atoms with Gasteiger partial charge in [-0.05, 0) is 32.4 Å². The first kappa shape index (κ1) is 15.1. The number of hydrogen-bond acceptors (Lipinski definition) is 4. The van der Waals surface area contributed by atoms with Gasteiger partial charge in [0.25, 0.3) is 0 Å². The number of carbonyl (C=O) groups is 1. The summed E-state index contributed by atoms with van der Waals surface area (Å²) in [5.74, 6) is 0.966. The van der Waals surface area contributed by atoms with Crippen LogP contribution in [0.25, 0.3) is 0 Å². The molecule has 1 fully saturated rings. The van der Waals surface area contributed by atoms with Gasteiger partial charge in [0.1, 0.15) is 5.76 Å². The van der Waals surface area contributed by atoms with Crippen LogP contribution < -0.4 is 5.73 Å². The van der Waals surface area contributed by atoms with Crippen molar-refractivity contribution < 1.29 is 9.21 Å². The zero-order chi connectivity index (χ0) is 14.9. The molecule has 1 aliphatic heterocycles. The Hall–Kier alpha value is -1.33. The van der Waals surface area contributed by atoms with E-state index in [0.29, 0.717) is 0 Å². The van der Waals surface area contributed by atoms with Gasteiger partial charge >= 0.3 is 0 Å². The number of hydrogen-bond donors (Lipinski definition) is 1. The highest BCUT2D eigenvalue weighted by Gasteiger charge is 2.46. The number of carbonyl (C=O) groups excluding carboxylic acids is 1. The molecule has 5 heteroatoms. The molecular weight excluding hydrogens is 254 g/mol. The summed E-state index contributed by atoms with van der Waals surface area (Å²) in [7, 11) is 1.85. The SMILES string of the molecule is CCC(N)C(c1ccco1)N1CCN(C)C(=O)C1(C)C. The van der Waals surface area contributed by atoms with E-state index in [2.05, 4.69) is 11.8 Å². The topological polar surface area (TPSA) is 62.7 Å². The van der Waals surface area contributed by atoms with Crippen LogP contribution in [-0.2, 0) is 4.79 Å². The van der Waals surface area contributed by atoms with Crippen LogP contribution >= 0.6 is 0 Å². The van der Waals surface area contributed by atoms with E-state index in [-0.39, 0.29) is 18.0 Å². The molecule has 2 atom stereocenters. The highest BCUT2D eigenvalue weighted by molar-refractivity contribution is 5.86. The van der Waals surface area contributed by atoms with E-state index in [0.717, 1.165) is 25.3 Å². The van der Waals surface area contributed by atoms with Crippen molar-refractivity contribution in [2.24, 2.45) is 5.73 Å². The highest BCUT2D eigenvalue weighted by Crippen LogP contribution is 2.34. The van der Waals surface area contributed by atoms with Gasteiger partial charge in [-0.25, -0.2) is 0 Å². The summed E-state index contributed by atoms with van der Waals surface area (Å²) < 4.78 is 5.58. The molecule has 0 spiro atoms. The predicted octanol–water partition coefficient (Wildman–Crippen LogP) is 1.61. The molecule has 0 aliphatic carbocycles. The first-order valence-corrected chi connectivity index (χ1v) is 7.21. The Kier molecular flexibility index (Phi) is 4.20. The van der Waals surface area contributed by atoms with E-state index in [1.807, 2.05) is 33.0 Å². The second-order valence-corrected chi connectivity index (χ2v) is 6.01. The third-order valence-electron chi connectivity index (χ3n) is 4.31. The molecule has 2 unspecified atom stereocenters. The molecule has 2 N–H and O–H groups in total. The molecule has 1 amide bonds. The van der Waals surface area contributed by atoms with E-state index in [9.17, 15) is 4.79 Å². The Morgan fingerprint density at radius 1 is 1.45 bits per heavy atom. The van der Waals surface area contributed by atoms with Crippen molar-refractivity contribution in [1.82, 2.24) is 9.80 Å². The molecular formula is C15H25N3O2. The summed E-state index contributed by atoms with van der Waals surface area (Å²) in [6, 6.07) is 3.69. The van der Waals surface area contributed by atoms with Gasteiger partial charge in [0.05, 0.1) is 17.8 Å². The Bertz CT molecular complexity index is 456. The lowest BCUT2D eigenvalue weighted by atomic mass is 9.91. The fourth-order valence-electron chi connectivity index (χ4n) is 2.99. The average Bonchev–Trinajstić information content (AvgIpc) is 2.93. The summed E-state index contributed by atoms with van der Waals surface area (Å²) in [6.07, 6.45) is 2.50. The second kappa shape index (κ2) is 5.58. The predicted molar refractivity (Wildman–Crippen MR) is 78.1 cm³/mol. The minimum atomic E-state index is -0.572. The van der Waals surface area contributed by atoms with Crippen molar-refractivity contribution in [1.29, 1.82) is 0 Å². The zero-order valence-corrected chi connectivity index (χ0v) is 12.8. The lowest BCUT2D eigenvalue weighted by Gasteiger charge is -2.49. The number of nitrogens with zero attached hydrogens (tertiary/aromatic N) is 2. The van der Waals surface area contributed by atoms with Gasteiger partial charge in [-0.1, -0.05) is 6.92 Å². The molecule has 0 saturated carbocycles. The molecule has 1 aromatic heterocycles. The molecule has 112 valence electrons. The maximum absolute atomic E-state index is 12.5. The monoisotopic (exact) mass is 279 g/mol. The Labute approximate surface area is 120 Å². The Balaban J connectivity index is 2.36. The van der Waals surface area contributed by atoms with E-state index >= 15 is 0 Å². The Morgan fingerprint density at radius 2 is 2.15 bits per heavy atom. The smallest absolute Gasteiger partial charge is 0.242 e. The molecule has 5 nitrogen and oxygen atoms in total. The molecule has 20 heavy (non-hydrogen) atoms. The van der Waals surface area contributed by atoms with Crippen LogP contribution in [0, 0.1) is 0 Å². The van der Waals surface area contributed by atoms with Gasteiger partial charge in [0.2, 0.25) is 5.91 Å². The summed E-state index contributed by atoms with van der Waals surface area (Å²) in [5.41, 5.74) is 5.74. The van der Waals surface area contributed by atoms with Crippen molar-refractivity contribution in [2.75, 3.05) is 20.1 Å². The van der Waals surface area contributed by atoms with Gasteiger partial charge in [0.15, 0.2) is 0 Å². The first-order valence-electron chi connectivity index (χ1n) is 7.21. The second-order valence-electron chi connectivity index (χ2n) is 6.01. The average molecular weight is 279 g/mol. The van der Waals surface area contributed by atoms with Gasteiger partial charge < -0.3 is 15.1 Å². The number of nitrogens with two attached hydrogens (primary N) is 1. The molecule has 1 aliphatic rings. The molecule has 0 radical (unpaired) electrons. The number of furan rings is 1. The van der Waals surface area contributed by atoms with Crippen molar-refractivity contribution in [2.45, 2.75) is 44.8 Å². The van der Waals surface area contributed by atoms with Gasteiger partial charge in [-0.3, -0.25) is 9.69 Å². The van der Waals surface area contributed by atoms with Crippen molar-refractivity contribution in [3.05, 3.63) is 24.2 Å². The fourth-order valence-corrected chi connectivity index (χ4v) is 2.99. The molecule has 1 saturated heterocycles. The normalized spacial score (nSPS) is 22.9. The lowest BCUT2D eigenvalue weighted by molar-refractivity contribution is -0.150. The lowest BCUT2D eigenvalue weighted by Crippen LogP contribution is -2.64. The molecule has 1 aromatic rings. The summed E-state index contributed by atoms with van der Waals surface area (Å²) >= 11 is 0. The summed E-state index contributed by atoms with van der Waals surface area (Å²) in [5, 5.41) is 0. The van der Waals surface area contributed by atoms with E-state index in [4.69, 9.17) is 10.2 Å². The first-order chi connectivity index (χ1) is 9.39. The Morgan fingerprint density at radius 3 is 2.70 bits per heavy atom. The van der Waals surface area contributed by atoms with Crippen LogP contribution in [0.5, 0.6) is 0 Å². The molecule has 0 aromatic carbocycles. The number of amides is 1. The third-order valence-corrected chi connectivity index (χ3v) is 4.31. The number of rotatable bonds is 4. The fraction of sp³-hybridized carbons (Fsp3) is 0.667. The van der Waals surface area contributed by atoms with Crippen LogP contribution in [0.2, 0.25) is 0 Å². The number of piperazine rings is 1. The maximum Gasteiger partial charge on any atom is 0.242 e. The van der Waals surface area contributed by atoms with Crippen LogP contribution in [0.4, 0.5) is 0 Å². The van der Waals surface area contributed by atoms with Crippen LogP contribution in [0.1, 0.15) is 39.0 Å².